The second-order valence-electron chi connectivity index (χ2n) is 3.32. The second-order valence-corrected chi connectivity index (χ2v) is 3.76. The molecule has 0 bridgehead atoms. The van der Waals surface area contributed by atoms with Crippen molar-refractivity contribution < 1.29 is 4.74 Å². The van der Waals surface area contributed by atoms with Gasteiger partial charge in [0.25, 0.3) is 0 Å². The minimum absolute atomic E-state index is 0.736. The van der Waals surface area contributed by atoms with Crippen LogP contribution in [-0.2, 0) is 0 Å². The van der Waals surface area contributed by atoms with Crippen LogP contribution < -0.4 is 9.64 Å². The van der Waals surface area contributed by atoms with Crippen LogP contribution in [0.15, 0.2) is 24.3 Å². The predicted octanol–water partition coefficient (Wildman–Crippen LogP) is 2.45. The molecule has 0 aliphatic carbocycles. The number of ether oxygens (including phenoxy) is 1. The minimum atomic E-state index is 0.736. The van der Waals surface area contributed by atoms with Gasteiger partial charge in [0, 0.05) is 25.8 Å². The Hall–Kier alpha value is -0.830. The summed E-state index contributed by atoms with van der Waals surface area (Å²) in [4.78, 5) is 2.06. The molecule has 0 N–H and O–H groups in total. The summed E-state index contributed by atoms with van der Waals surface area (Å²) in [6.07, 6.45) is 0.981. The zero-order valence-corrected chi connectivity index (χ0v) is 9.63. The van der Waals surface area contributed by atoms with Gasteiger partial charge in [-0.2, -0.15) is 12.6 Å². The zero-order valence-electron chi connectivity index (χ0n) is 8.73. The lowest BCUT2D eigenvalue weighted by Gasteiger charge is -2.13. The fourth-order valence-corrected chi connectivity index (χ4v) is 1.24. The summed E-state index contributed by atoms with van der Waals surface area (Å²) in [5.74, 6) is 1.80. The van der Waals surface area contributed by atoms with E-state index in [4.69, 9.17) is 4.74 Å². The van der Waals surface area contributed by atoms with Crippen molar-refractivity contribution in [2.24, 2.45) is 0 Å². The molecule has 2 nitrogen and oxygen atoms in total. The third-order valence-corrected chi connectivity index (χ3v) is 2.22. The van der Waals surface area contributed by atoms with Crippen LogP contribution in [-0.4, -0.2) is 26.5 Å². The highest BCUT2D eigenvalue weighted by Crippen LogP contribution is 2.19. The van der Waals surface area contributed by atoms with Crippen LogP contribution in [0.3, 0.4) is 0 Å². The molecule has 0 unspecified atom stereocenters. The zero-order chi connectivity index (χ0) is 10.4. The predicted molar refractivity (Wildman–Crippen MR) is 64.7 cm³/mol. The Morgan fingerprint density at radius 2 is 2.14 bits per heavy atom. The van der Waals surface area contributed by atoms with E-state index in [1.54, 1.807) is 0 Å². The first-order chi connectivity index (χ1) is 6.74. The van der Waals surface area contributed by atoms with Crippen LogP contribution >= 0.6 is 12.6 Å². The van der Waals surface area contributed by atoms with Gasteiger partial charge in [-0.15, -0.1) is 0 Å². The van der Waals surface area contributed by atoms with E-state index in [0.717, 1.165) is 30.2 Å². The highest BCUT2D eigenvalue weighted by molar-refractivity contribution is 7.80. The Kier molecular flexibility index (Phi) is 4.66. The van der Waals surface area contributed by atoms with E-state index in [9.17, 15) is 0 Å². The van der Waals surface area contributed by atoms with Crippen molar-refractivity contribution in [1.82, 2.24) is 0 Å². The lowest BCUT2D eigenvalue weighted by Crippen LogP contribution is -2.08. The molecule has 0 heterocycles. The summed E-state index contributed by atoms with van der Waals surface area (Å²) in [6.45, 7) is 0.736. The van der Waals surface area contributed by atoms with Crippen LogP contribution in [0.1, 0.15) is 6.42 Å². The van der Waals surface area contributed by atoms with Crippen molar-refractivity contribution >= 4 is 18.3 Å². The van der Waals surface area contributed by atoms with Crippen molar-refractivity contribution in [2.75, 3.05) is 31.4 Å². The number of hydrogen-bond donors (Lipinski definition) is 1. The van der Waals surface area contributed by atoms with Crippen LogP contribution in [0.5, 0.6) is 5.75 Å². The number of benzene rings is 1. The van der Waals surface area contributed by atoms with E-state index < -0.39 is 0 Å². The van der Waals surface area contributed by atoms with Crippen molar-refractivity contribution in [1.29, 1.82) is 0 Å². The topological polar surface area (TPSA) is 12.5 Å². The average molecular weight is 211 g/mol. The van der Waals surface area contributed by atoms with Gasteiger partial charge in [0.15, 0.2) is 0 Å². The number of thiol groups is 1. The molecule has 0 fully saturated rings. The highest BCUT2D eigenvalue weighted by atomic mass is 32.1. The average Bonchev–Trinajstić information content (AvgIpc) is 2.19. The Labute approximate surface area is 91.3 Å². The van der Waals surface area contributed by atoms with Gasteiger partial charge in [0.2, 0.25) is 0 Å². The van der Waals surface area contributed by atoms with Crippen LogP contribution in [0, 0.1) is 0 Å². The molecule has 1 rings (SSSR count). The maximum Gasteiger partial charge on any atom is 0.121 e. The fourth-order valence-electron chi connectivity index (χ4n) is 1.11. The second kappa shape index (κ2) is 5.81. The van der Waals surface area contributed by atoms with E-state index in [0.29, 0.717) is 0 Å². The standard InChI is InChI=1S/C11H17NOS/c1-12(2)10-5-3-6-11(9-10)13-7-4-8-14/h3,5-6,9,14H,4,7-8H2,1-2H3. The summed E-state index contributed by atoms with van der Waals surface area (Å²) >= 11 is 4.13. The SMILES string of the molecule is CN(C)c1cccc(OCCCS)c1. The molecule has 3 heteroatoms. The lowest BCUT2D eigenvalue weighted by atomic mass is 10.3. The van der Waals surface area contributed by atoms with Crippen molar-refractivity contribution in [3.05, 3.63) is 24.3 Å². The molecule has 0 aromatic heterocycles. The maximum atomic E-state index is 5.56. The third-order valence-electron chi connectivity index (χ3n) is 1.91. The maximum absolute atomic E-state index is 5.56. The van der Waals surface area contributed by atoms with Crippen molar-refractivity contribution in [2.45, 2.75) is 6.42 Å². The van der Waals surface area contributed by atoms with Crippen LogP contribution in [0.4, 0.5) is 5.69 Å². The van der Waals surface area contributed by atoms with Gasteiger partial charge in [0.1, 0.15) is 5.75 Å². The molecule has 0 aliphatic rings. The van der Waals surface area contributed by atoms with Crippen LogP contribution in [0.25, 0.3) is 0 Å². The van der Waals surface area contributed by atoms with Gasteiger partial charge >= 0.3 is 0 Å². The molecule has 14 heavy (non-hydrogen) atoms. The number of nitrogens with zero attached hydrogens (tertiary/aromatic N) is 1. The van der Waals surface area contributed by atoms with E-state index in [2.05, 4.69) is 23.6 Å². The van der Waals surface area contributed by atoms with Gasteiger partial charge in [0.05, 0.1) is 6.61 Å². The Balaban J connectivity index is 2.55. The molecule has 0 amide bonds. The summed E-state index contributed by atoms with van der Waals surface area (Å²) < 4.78 is 5.56. The highest BCUT2D eigenvalue weighted by Gasteiger charge is 1.97. The monoisotopic (exact) mass is 211 g/mol. The summed E-state index contributed by atoms with van der Waals surface area (Å²) in [7, 11) is 4.04. The Morgan fingerprint density at radius 1 is 1.36 bits per heavy atom. The first kappa shape index (κ1) is 11.2. The normalized spacial score (nSPS) is 9.93. The molecule has 0 radical (unpaired) electrons. The molecule has 78 valence electrons. The quantitative estimate of drug-likeness (QED) is 0.593. The molecule has 0 spiro atoms. The molecule has 0 saturated carbocycles. The first-order valence-electron chi connectivity index (χ1n) is 4.75. The van der Waals surface area contributed by atoms with E-state index in [1.807, 2.05) is 32.3 Å². The first-order valence-corrected chi connectivity index (χ1v) is 5.38. The van der Waals surface area contributed by atoms with Crippen molar-refractivity contribution in [3.63, 3.8) is 0 Å². The lowest BCUT2D eigenvalue weighted by molar-refractivity contribution is 0.319. The number of rotatable bonds is 5. The summed E-state index contributed by atoms with van der Waals surface area (Å²) in [5, 5.41) is 0. The van der Waals surface area contributed by atoms with E-state index in [-0.39, 0.29) is 0 Å². The van der Waals surface area contributed by atoms with Crippen molar-refractivity contribution in [3.8, 4) is 5.75 Å². The van der Waals surface area contributed by atoms with E-state index >= 15 is 0 Å². The number of hydrogen-bond acceptors (Lipinski definition) is 3. The fraction of sp³-hybridized carbons (Fsp3) is 0.455. The molecular formula is C11H17NOS. The largest absolute Gasteiger partial charge is 0.493 e. The third kappa shape index (κ3) is 3.50. The molecule has 0 aliphatic heterocycles. The minimum Gasteiger partial charge on any atom is -0.493 e. The molecule has 1 aromatic rings. The van der Waals surface area contributed by atoms with Gasteiger partial charge in [-0.1, -0.05) is 6.07 Å². The van der Waals surface area contributed by atoms with Gasteiger partial charge in [-0.05, 0) is 24.3 Å². The molecule has 1 aromatic carbocycles. The van der Waals surface area contributed by atoms with Gasteiger partial charge in [-0.25, -0.2) is 0 Å². The smallest absolute Gasteiger partial charge is 0.121 e. The summed E-state index contributed by atoms with van der Waals surface area (Å²) in [6, 6.07) is 8.08. The number of anilines is 1. The summed E-state index contributed by atoms with van der Waals surface area (Å²) in [5.41, 5.74) is 1.16. The molecule has 0 saturated heterocycles. The Bertz CT molecular complexity index is 276. The molecular weight excluding hydrogens is 194 g/mol. The molecule has 0 atom stereocenters. The van der Waals surface area contributed by atoms with Crippen LogP contribution in [0.2, 0.25) is 0 Å². The van der Waals surface area contributed by atoms with E-state index in [1.165, 1.54) is 0 Å². The van der Waals surface area contributed by atoms with Gasteiger partial charge < -0.3 is 9.64 Å². The Morgan fingerprint density at radius 3 is 2.79 bits per heavy atom. The van der Waals surface area contributed by atoms with Gasteiger partial charge in [-0.3, -0.25) is 0 Å².